The number of rotatable bonds is 11. The molecule has 2 aliphatic heterocycles. The van der Waals surface area contributed by atoms with Gasteiger partial charge in [-0.05, 0) is 68.6 Å². The molecule has 0 spiro atoms. The zero-order valence-corrected chi connectivity index (χ0v) is 35.3. The van der Waals surface area contributed by atoms with E-state index >= 15 is 0 Å². The Morgan fingerprint density at radius 2 is 1.55 bits per heavy atom. The van der Waals surface area contributed by atoms with E-state index in [4.69, 9.17) is 9.47 Å². The van der Waals surface area contributed by atoms with Gasteiger partial charge < -0.3 is 41.0 Å². The fourth-order valence-corrected chi connectivity index (χ4v) is 6.79. The molecule has 2 saturated heterocycles. The summed E-state index contributed by atoms with van der Waals surface area (Å²) < 4.78 is 11.0. The minimum Gasteiger partial charge on any atom is -0.497 e. The van der Waals surface area contributed by atoms with Gasteiger partial charge in [0.25, 0.3) is 5.91 Å². The number of nitrogens with zero attached hydrogens (tertiary/aromatic N) is 2. The number of hydrazine groups is 1. The highest BCUT2D eigenvalue weighted by Crippen LogP contribution is 2.19. The van der Waals surface area contributed by atoms with E-state index in [0.29, 0.717) is 30.7 Å². The van der Waals surface area contributed by atoms with Crippen molar-refractivity contribution in [3.63, 3.8) is 0 Å². The first-order valence-electron chi connectivity index (χ1n) is 19.9. The third-order valence-electron chi connectivity index (χ3n) is 10.4. The molecule has 7 amide bonds. The van der Waals surface area contributed by atoms with Gasteiger partial charge in [0.2, 0.25) is 35.9 Å². The second-order valence-electron chi connectivity index (χ2n) is 16.1. The highest BCUT2D eigenvalue weighted by atomic mass is 16.5. The van der Waals surface area contributed by atoms with Crippen molar-refractivity contribution in [2.75, 3.05) is 20.7 Å². The van der Waals surface area contributed by atoms with Crippen LogP contribution >= 0.6 is 0 Å². The van der Waals surface area contributed by atoms with Crippen LogP contribution in [0.2, 0.25) is 0 Å². The van der Waals surface area contributed by atoms with Gasteiger partial charge in [0.05, 0.1) is 7.11 Å². The number of nitrogens with one attached hydrogen (secondary N) is 6. The highest BCUT2D eigenvalue weighted by Gasteiger charge is 2.42. The zero-order chi connectivity index (χ0) is 43.4. The molecule has 6 N–H and O–H groups in total. The summed E-state index contributed by atoms with van der Waals surface area (Å²) in [6.07, 6.45) is -0.0808. The van der Waals surface area contributed by atoms with Gasteiger partial charge in [0.15, 0.2) is 0 Å². The summed E-state index contributed by atoms with van der Waals surface area (Å²) in [5.74, 6) is -5.55. The van der Waals surface area contributed by atoms with Gasteiger partial charge in [-0.25, -0.2) is 10.2 Å². The molecular formula is C40H62N8O10. The van der Waals surface area contributed by atoms with E-state index in [9.17, 15) is 38.4 Å². The van der Waals surface area contributed by atoms with Gasteiger partial charge in [-0.2, -0.15) is 0 Å². The van der Waals surface area contributed by atoms with E-state index in [0.717, 1.165) is 4.90 Å². The topological polar surface area (TPSA) is 234 Å². The first kappa shape index (κ1) is 47.1. The number of ether oxygens (including phenoxy) is 2. The standard InChI is InChI=1S/C40H62N8O10/c1-21(2)18-29-38(54)47(9)24(7)40(56)58-25(8)33(46-36(52)31(22(3)4)41-20-49)37(53)43-28(19-26-13-15-27(57-10)16-14-26)34(50)45-32(23(5)6)39(55)48-30(35(51)44-29)12-11-17-42-48/h13-16,20-25,28-33,42H,11-12,17-19H2,1-10H3,(H,41,49)(H,43,53)(H,44,51)(H,45,50)(H,46,52)/t24-,25+,28+,29-,30-,31-,32+,33-/m0/s1. The molecule has 0 aromatic heterocycles. The van der Waals surface area contributed by atoms with E-state index in [1.165, 1.54) is 33.0 Å². The van der Waals surface area contributed by atoms with Crippen molar-refractivity contribution in [3.05, 3.63) is 29.8 Å². The minimum absolute atomic E-state index is 0.0635. The quantitative estimate of drug-likeness (QED) is 0.128. The molecule has 8 atom stereocenters. The molecule has 1 aromatic rings. The molecule has 2 aliphatic rings. The summed E-state index contributed by atoms with van der Waals surface area (Å²) in [4.78, 5) is 111. The molecule has 0 radical (unpaired) electrons. The molecule has 0 aliphatic carbocycles. The number of likely N-dealkylation sites (N-methyl/N-ethyl adjacent to an activating group) is 1. The summed E-state index contributed by atoms with van der Waals surface area (Å²) >= 11 is 0. The van der Waals surface area contributed by atoms with Gasteiger partial charge in [-0.15, -0.1) is 0 Å². The monoisotopic (exact) mass is 814 g/mol. The van der Waals surface area contributed by atoms with Crippen LogP contribution in [0.25, 0.3) is 0 Å². The van der Waals surface area contributed by atoms with Crippen LogP contribution in [-0.2, 0) is 49.5 Å². The number of amides is 7. The molecule has 0 saturated carbocycles. The summed E-state index contributed by atoms with van der Waals surface area (Å²) in [6.45, 7) is 13.7. The highest BCUT2D eigenvalue weighted by molar-refractivity contribution is 5.98. The van der Waals surface area contributed by atoms with Crippen LogP contribution in [-0.4, -0.2) is 127 Å². The summed E-state index contributed by atoms with van der Waals surface area (Å²) in [5, 5.41) is 14.5. The van der Waals surface area contributed by atoms with E-state index in [1.807, 2.05) is 13.8 Å². The Bertz CT molecular complexity index is 1640. The van der Waals surface area contributed by atoms with Gasteiger partial charge in [-0.1, -0.05) is 53.7 Å². The summed E-state index contributed by atoms with van der Waals surface area (Å²) in [7, 11) is 2.89. The molecule has 2 heterocycles. The van der Waals surface area contributed by atoms with Crippen LogP contribution in [0.4, 0.5) is 0 Å². The molecule has 2 fully saturated rings. The molecule has 0 bridgehead atoms. The summed E-state index contributed by atoms with van der Waals surface area (Å²) in [6, 6.07) is -1.80. The normalized spacial score (nSPS) is 26.3. The van der Waals surface area contributed by atoms with Crippen molar-refractivity contribution in [2.24, 2.45) is 17.8 Å². The first-order valence-corrected chi connectivity index (χ1v) is 19.9. The number of methoxy groups -OCH3 is 1. The third kappa shape index (κ3) is 12.4. The molecule has 322 valence electrons. The van der Waals surface area contributed by atoms with Crippen molar-refractivity contribution in [3.8, 4) is 5.75 Å². The van der Waals surface area contributed by atoms with Crippen molar-refractivity contribution in [2.45, 2.75) is 129 Å². The number of hydrogen-bond acceptors (Lipinski definition) is 11. The number of cyclic esters (lactones) is 1. The Kier molecular flexibility index (Phi) is 17.5. The minimum atomic E-state index is -1.61. The first-order chi connectivity index (χ1) is 27.3. The van der Waals surface area contributed by atoms with Gasteiger partial charge in [0, 0.05) is 20.0 Å². The number of esters is 1. The average Bonchev–Trinajstić information content (AvgIpc) is 3.18. The Morgan fingerprint density at radius 1 is 0.914 bits per heavy atom. The predicted molar refractivity (Wildman–Crippen MR) is 212 cm³/mol. The number of carbonyl (C=O) groups excluding carboxylic acids is 8. The van der Waals surface area contributed by atoms with E-state index < -0.39 is 102 Å². The molecule has 18 nitrogen and oxygen atoms in total. The van der Waals surface area contributed by atoms with Crippen LogP contribution in [0.3, 0.4) is 0 Å². The maximum Gasteiger partial charge on any atom is 0.328 e. The smallest absolute Gasteiger partial charge is 0.328 e. The Morgan fingerprint density at radius 3 is 2.12 bits per heavy atom. The summed E-state index contributed by atoms with van der Waals surface area (Å²) in [5.41, 5.74) is 3.61. The van der Waals surface area contributed by atoms with Gasteiger partial charge in [0.1, 0.15) is 54.1 Å². The van der Waals surface area contributed by atoms with Gasteiger partial charge in [-0.3, -0.25) is 38.6 Å². The largest absolute Gasteiger partial charge is 0.497 e. The molecule has 0 unspecified atom stereocenters. The number of hydrogen-bond donors (Lipinski definition) is 6. The lowest BCUT2D eigenvalue weighted by atomic mass is 9.98. The van der Waals surface area contributed by atoms with E-state index in [1.54, 1.807) is 52.0 Å². The predicted octanol–water partition coefficient (Wildman–Crippen LogP) is -0.0626. The van der Waals surface area contributed by atoms with Crippen LogP contribution in [0.15, 0.2) is 24.3 Å². The lowest BCUT2D eigenvalue weighted by Gasteiger charge is -2.39. The maximum atomic E-state index is 14.4. The Labute approximate surface area is 340 Å². The zero-order valence-electron chi connectivity index (χ0n) is 35.3. The number of fused-ring (bicyclic) bond motifs is 1. The van der Waals surface area contributed by atoms with E-state index in [-0.39, 0.29) is 25.2 Å². The molecule has 1 aromatic carbocycles. The van der Waals surface area contributed by atoms with Gasteiger partial charge >= 0.3 is 5.97 Å². The Hall–Kier alpha value is -5.26. The second kappa shape index (κ2) is 21.5. The van der Waals surface area contributed by atoms with Crippen molar-refractivity contribution < 1.29 is 47.8 Å². The van der Waals surface area contributed by atoms with Crippen LogP contribution < -0.4 is 36.7 Å². The van der Waals surface area contributed by atoms with Crippen molar-refractivity contribution >= 4 is 47.8 Å². The van der Waals surface area contributed by atoms with Crippen LogP contribution in [0.1, 0.15) is 80.2 Å². The van der Waals surface area contributed by atoms with Crippen LogP contribution in [0.5, 0.6) is 5.75 Å². The fraction of sp³-hybridized carbons (Fsp3) is 0.650. The lowest BCUT2D eigenvalue weighted by Crippen LogP contribution is -2.66. The molecular weight excluding hydrogens is 752 g/mol. The second-order valence-corrected chi connectivity index (χ2v) is 16.1. The number of benzene rings is 1. The number of carbonyl (C=O) groups is 8. The average molecular weight is 815 g/mol. The van der Waals surface area contributed by atoms with E-state index in [2.05, 4.69) is 32.0 Å². The fourth-order valence-electron chi connectivity index (χ4n) is 6.79. The molecule has 58 heavy (non-hydrogen) atoms. The third-order valence-corrected chi connectivity index (χ3v) is 10.4. The van der Waals surface area contributed by atoms with Crippen LogP contribution in [0, 0.1) is 17.8 Å². The Balaban J connectivity index is 2.18. The maximum absolute atomic E-state index is 14.4. The van der Waals surface area contributed by atoms with Crippen molar-refractivity contribution in [1.82, 2.24) is 41.9 Å². The molecule has 18 heteroatoms. The van der Waals surface area contributed by atoms with Crippen molar-refractivity contribution in [1.29, 1.82) is 0 Å². The molecule has 3 rings (SSSR count). The lowest BCUT2D eigenvalue weighted by molar-refractivity contribution is -0.161. The SMILES string of the molecule is COc1ccc(C[C@H]2NC(=O)[C@@H](NC(=O)[C@@H](NC=O)C(C)C)[C@@H](C)OC(=O)[C@H](C)N(C)C(=O)[C@H](CC(C)C)NC(=O)[C@@H]3CCCNN3C(=O)[C@@H](C(C)C)NC2=O)cc1.